The lowest BCUT2D eigenvalue weighted by Crippen LogP contribution is -2.36. The number of nitrogens with zero attached hydrogens (tertiary/aromatic N) is 1. The van der Waals surface area contributed by atoms with Gasteiger partial charge in [-0.25, -0.2) is 4.79 Å². The molecule has 1 aliphatic heterocycles. The summed E-state index contributed by atoms with van der Waals surface area (Å²) < 4.78 is 5.20. The van der Waals surface area contributed by atoms with E-state index in [9.17, 15) is 9.59 Å². The molecule has 0 aliphatic carbocycles. The summed E-state index contributed by atoms with van der Waals surface area (Å²) in [4.78, 5) is 24.0. The molecule has 0 unspecified atom stereocenters. The van der Waals surface area contributed by atoms with E-state index in [2.05, 4.69) is 0 Å². The molecule has 94 valence electrons. The third kappa shape index (κ3) is 3.20. The number of carbonyl (C=O) groups is 2. The standard InChI is InChI=1S/C14H15NO3/c16-10-13-7-4-8-15(9-13)14(17)18-11-12-5-2-1-3-6-12/h1-3,5-7,10H,4,8-9,11H2. The van der Waals surface area contributed by atoms with Crippen molar-refractivity contribution in [2.24, 2.45) is 0 Å². The molecule has 4 heteroatoms. The van der Waals surface area contributed by atoms with Gasteiger partial charge in [0.15, 0.2) is 0 Å². The molecule has 0 radical (unpaired) electrons. The van der Waals surface area contributed by atoms with Gasteiger partial charge in [-0.05, 0) is 12.0 Å². The van der Waals surface area contributed by atoms with Crippen molar-refractivity contribution in [1.29, 1.82) is 0 Å². The second-order valence-electron chi connectivity index (χ2n) is 4.15. The topological polar surface area (TPSA) is 46.6 Å². The number of carbonyl (C=O) groups excluding carboxylic acids is 2. The zero-order chi connectivity index (χ0) is 12.8. The predicted octanol–water partition coefficient (Wildman–Crippen LogP) is 2.15. The summed E-state index contributed by atoms with van der Waals surface area (Å²) in [6, 6.07) is 9.52. The van der Waals surface area contributed by atoms with E-state index >= 15 is 0 Å². The Morgan fingerprint density at radius 1 is 1.33 bits per heavy atom. The van der Waals surface area contributed by atoms with Crippen LogP contribution < -0.4 is 0 Å². The van der Waals surface area contributed by atoms with E-state index in [1.807, 2.05) is 36.4 Å². The molecule has 18 heavy (non-hydrogen) atoms. The Balaban J connectivity index is 1.85. The second-order valence-corrected chi connectivity index (χ2v) is 4.15. The molecule has 0 bridgehead atoms. The Hall–Kier alpha value is -2.10. The molecule has 0 aromatic heterocycles. The van der Waals surface area contributed by atoms with Gasteiger partial charge in [0.05, 0.1) is 6.54 Å². The minimum absolute atomic E-state index is 0.260. The molecule has 0 N–H and O–H groups in total. The smallest absolute Gasteiger partial charge is 0.410 e. The van der Waals surface area contributed by atoms with E-state index in [-0.39, 0.29) is 12.7 Å². The van der Waals surface area contributed by atoms with Crippen molar-refractivity contribution >= 4 is 12.4 Å². The lowest BCUT2D eigenvalue weighted by molar-refractivity contribution is -0.105. The van der Waals surface area contributed by atoms with Gasteiger partial charge in [-0.2, -0.15) is 0 Å². The summed E-state index contributed by atoms with van der Waals surface area (Å²) in [5, 5.41) is 0. The van der Waals surface area contributed by atoms with E-state index in [0.717, 1.165) is 11.8 Å². The summed E-state index contributed by atoms with van der Waals surface area (Å²) in [7, 11) is 0. The van der Waals surface area contributed by atoms with E-state index in [1.165, 1.54) is 0 Å². The molecular weight excluding hydrogens is 230 g/mol. The zero-order valence-corrected chi connectivity index (χ0v) is 10.0. The molecule has 1 aromatic rings. The van der Waals surface area contributed by atoms with Crippen molar-refractivity contribution in [3.63, 3.8) is 0 Å². The largest absolute Gasteiger partial charge is 0.445 e. The fourth-order valence-corrected chi connectivity index (χ4v) is 1.82. The molecule has 1 heterocycles. The fraction of sp³-hybridized carbons (Fsp3) is 0.286. The Labute approximate surface area is 106 Å². The van der Waals surface area contributed by atoms with Crippen LogP contribution in [0.15, 0.2) is 42.0 Å². The lowest BCUT2D eigenvalue weighted by Gasteiger charge is -2.24. The summed E-state index contributed by atoms with van der Waals surface area (Å²) >= 11 is 0. The summed E-state index contributed by atoms with van der Waals surface area (Å²) in [6.45, 7) is 1.21. The van der Waals surface area contributed by atoms with Crippen LogP contribution in [0.2, 0.25) is 0 Å². The van der Waals surface area contributed by atoms with E-state index in [4.69, 9.17) is 4.74 Å². The molecule has 1 aromatic carbocycles. The maximum absolute atomic E-state index is 11.8. The first-order chi connectivity index (χ1) is 8.79. The first-order valence-electron chi connectivity index (χ1n) is 5.89. The number of benzene rings is 1. The van der Waals surface area contributed by atoms with Crippen LogP contribution in [-0.4, -0.2) is 30.4 Å². The van der Waals surface area contributed by atoms with Gasteiger partial charge in [0.1, 0.15) is 12.9 Å². The lowest BCUT2D eigenvalue weighted by atomic mass is 10.1. The van der Waals surface area contributed by atoms with Crippen LogP contribution in [0, 0.1) is 0 Å². The van der Waals surface area contributed by atoms with Gasteiger partial charge >= 0.3 is 6.09 Å². The number of amides is 1. The maximum Gasteiger partial charge on any atom is 0.410 e. The van der Waals surface area contributed by atoms with Crippen LogP contribution in [0.4, 0.5) is 4.79 Å². The van der Waals surface area contributed by atoms with Crippen LogP contribution in [0.1, 0.15) is 12.0 Å². The van der Waals surface area contributed by atoms with Crippen LogP contribution in [-0.2, 0) is 16.1 Å². The normalized spacial score (nSPS) is 14.9. The molecule has 0 spiro atoms. The van der Waals surface area contributed by atoms with Crippen molar-refractivity contribution in [2.75, 3.05) is 13.1 Å². The van der Waals surface area contributed by atoms with Crippen molar-refractivity contribution in [3.8, 4) is 0 Å². The number of aldehydes is 1. The van der Waals surface area contributed by atoms with Gasteiger partial charge < -0.3 is 9.64 Å². The number of rotatable bonds is 3. The third-order valence-corrected chi connectivity index (χ3v) is 2.79. The number of ether oxygens (including phenoxy) is 1. The Bertz CT molecular complexity index is 453. The molecule has 2 rings (SSSR count). The third-order valence-electron chi connectivity index (χ3n) is 2.79. The Morgan fingerprint density at radius 3 is 2.83 bits per heavy atom. The van der Waals surface area contributed by atoms with Crippen molar-refractivity contribution in [2.45, 2.75) is 13.0 Å². The van der Waals surface area contributed by atoms with Crippen molar-refractivity contribution < 1.29 is 14.3 Å². The number of hydrogen-bond acceptors (Lipinski definition) is 3. The van der Waals surface area contributed by atoms with Gasteiger partial charge in [0.2, 0.25) is 0 Å². The van der Waals surface area contributed by atoms with Crippen LogP contribution in [0.3, 0.4) is 0 Å². The highest BCUT2D eigenvalue weighted by molar-refractivity contribution is 5.77. The molecule has 1 aliphatic rings. The molecular formula is C14H15NO3. The van der Waals surface area contributed by atoms with Gasteiger partial charge in [0.25, 0.3) is 0 Å². The monoisotopic (exact) mass is 245 g/mol. The SMILES string of the molecule is O=CC1=CCCN(C(=O)OCc2ccccc2)C1. The minimum Gasteiger partial charge on any atom is -0.445 e. The second kappa shape index (κ2) is 6.00. The van der Waals surface area contributed by atoms with Crippen molar-refractivity contribution in [1.82, 2.24) is 4.90 Å². The highest BCUT2D eigenvalue weighted by Gasteiger charge is 2.18. The van der Waals surface area contributed by atoms with Crippen molar-refractivity contribution in [3.05, 3.63) is 47.5 Å². The Morgan fingerprint density at radius 2 is 2.11 bits per heavy atom. The molecule has 0 saturated heterocycles. The highest BCUT2D eigenvalue weighted by Crippen LogP contribution is 2.10. The summed E-state index contributed by atoms with van der Waals surface area (Å²) in [5.41, 5.74) is 1.59. The van der Waals surface area contributed by atoms with E-state index < -0.39 is 0 Å². The van der Waals surface area contributed by atoms with Crippen LogP contribution >= 0.6 is 0 Å². The molecule has 0 atom stereocenters. The quantitative estimate of drug-likeness (QED) is 0.766. The predicted molar refractivity (Wildman–Crippen MR) is 67.0 cm³/mol. The average molecular weight is 245 g/mol. The Kier molecular flexibility index (Phi) is 4.12. The average Bonchev–Trinajstić information content (AvgIpc) is 2.46. The maximum atomic E-state index is 11.8. The highest BCUT2D eigenvalue weighted by atomic mass is 16.6. The first-order valence-corrected chi connectivity index (χ1v) is 5.89. The van der Waals surface area contributed by atoms with Gasteiger partial charge in [-0.3, -0.25) is 4.79 Å². The molecule has 0 saturated carbocycles. The summed E-state index contributed by atoms with van der Waals surface area (Å²) in [5.74, 6) is 0. The van der Waals surface area contributed by atoms with Gasteiger partial charge in [-0.1, -0.05) is 36.4 Å². The molecule has 1 amide bonds. The van der Waals surface area contributed by atoms with E-state index in [1.54, 1.807) is 4.90 Å². The first kappa shape index (κ1) is 12.4. The molecule has 4 nitrogen and oxygen atoms in total. The van der Waals surface area contributed by atoms with Gasteiger partial charge in [0, 0.05) is 12.1 Å². The molecule has 0 fully saturated rings. The van der Waals surface area contributed by atoms with Gasteiger partial charge in [-0.15, -0.1) is 0 Å². The summed E-state index contributed by atoms with van der Waals surface area (Å²) in [6.07, 6.45) is 2.98. The number of hydrogen-bond donors (Lipinski definition) is 0. The minimum atomic E-state index is -0.369. The van der Waals surface area contributed by atoms with E-state index in [0.29, 0.717) is 25.1 Å². The zero-order valence-electron chi connectivity index (χ0n) is 10.0. The van der Waals surface area contributed by atoms with Crippen LogP contribution in [0.25, 0.3) is 0 Å². The van der Waals surface area contributed by atoms with Crippen LogP contribution in [0.5, 0.6) is 0 Å². The fourth-order valence-electron chi connectivity index (χ4n) is 1.82.